The van der Waals surface area contributed by atoms with Gasteiger partial charge in [0.15, 0.2) is 0 Å². The minimum atomic E-state index is -0.594. The first-order valence-electron chi connectivity index (χ1n) is 4.20. The summed E-state index contributed by atoms with van der Waals surface area (Å²) in [6, 6.07) is -0.306. The highest BCUT2D eigenvalue weighted by molar-refractivity contribution is 9.10. The third-order valence-electron chi connectivity index (χ3n) is 1.90. The van der Waals surface area contributed by atoms with Gasteiger partial charge in [-0.2, -0.15) is 0 Å². The smallest absolute Gasteiger partial charge is 0.417 e. The maximum Gasteiger partial charge on any atom is 0.417 e. The monoisotopic (exact) mass is 265 g/mol. The summed E-state index contributed by atoms with van der Waals surface area (Å²) in [6.45, 7) is 2.17. The van der Waals surface area contributed by atoms with Crippen LogP contribution in [0.25, 0.3) is 0 Å². The van der Waals surface area contributed by atoms with E-state index in [9.17, 15) is 9.59 Å². The predicted molar refractivity (Wildman–Crippen MR) is 52.2 cm³/mol. The van der Waals surface area contributed by atoms with Crippen LogP contribution in [0.1, 0.15) is 6.92 Å². The lowest BCUT2D eigenvalue weighted by Gasteiger charge is -2.19. The van der Waals surface area contributed by atoms with Crippen molar-refractivity contribution >= 4 is 27.9 Å². The van der Waals surface area contributed by atoms with Crippen LogP contribution in [0.2, 0.25) is 0 Å². The van der Waals surface area contributed by atoms with E-state index >= 15 is 0 Å². The molecule has 0 spiro atoms. The number of nitrogens with zero attached hydrogens (tertiary/aromatic N) is 1. The first-order valence-corrected chi connectivity index (χ1v) is 5.12. The summed E-state index contributed by atoms with van der Waals surface area (Å²) in [4.78, 5) is 23.5. The number of methoxy groups -OCH3 is 1. The molecule has 6 heteroatoms. The maximum atomic E-state index is 11.6. The van der Waals surface area contributed by atoms with E-state index in [2.05, 4.69) is 15.9 Å². The zero-order valence-corrected chi connectivity index (χ0v) is 9.61. The van der Waals surface area contributed by atoms with E-state index < -0.39 is 10.9 Å². The summed E-state index contributed by atoms with van der Waals surface area (Å²) >= 11 is 3.12. The normalized spacial score (nSPS) is 23.5. The lowest BCUT2D eigenvalue weighted by molar-refractivity contribution is -0.128. The molecule has 0 aromatic heterocycles. The van der Waals surface area contributed by atoms with E-state index in [1.54, 1.807) is 6.92 Å². The minimum absolute atomic E-state index is 0.206. The molecule has 14 heavy (non-hydrogen) atoms. The Morgan fingerprint density at radius 3 is 3.00 bits per heavy atom. The fraction of sp³-hybridized carbons (Fsp3) is 0.750. The molecular weight excluding hydrogens is 254 g/mol. The molecule has 0 aromatic carbocycles. The standard InChI is InChI=1S/C8H12BrNO4/c1-5(9)7(11)10-6(3-13-2)4-14-8(10)12/h5-6H,3-4H2,1-2H3/t5?,6-/m0/s1. The van der Waals surface area contributed by atoms with Crippen LogP contribution >= 0.6 is 15.9 Å². The second kappa shape index (κ2) is 4.75. The van der Waals surface area contributed by atoms with Gasteiger partial charge in [0.1, 0.15) is 12.6 Å². The number of carbonyl (C=O) groups is 2. The van der Waals surface area contributed by atoms with Crippen LogP contribution in [0, 0.1) is 0 Å². The Labute approximate surface area is 90.5 Å². The van der Waals surface area contributed by atoms with Gasteiger partial charge >= 0.3 is 6.09 Å². The number of hydrogen-bond acceptors (Lipinski definition) is 4. The highest BCUT2D eigenvalue weighted by Crippen LogP contribution is 2.16. The molecule has 0 saturated carbocycles. The van der Waals surface area contributed by atoms with Crippen LogP contribution in [0.5, 0.6) is 0 Å². The molecule has 2 amide bonds. The van der Waals surface area contributed by atoms with Crippen LogP contribution in [0.4, 0.5) is 4.79 Å². The second-order valence-corrected chi connectivity index (χ2v) is 4.38. The molecule has 1 unspecified atom stereocenters. The molecular formula is C8H12BrNO4. The number of hydrogen-bond donors (Lipinski definition) is 0. The number of cyclic esters (lactones) is 1. The van der Waals surface area contributed by atoms with Crippen molar-refractivity contribution in [3.8, 4) is 0 Å². The Morgan fingerprint density at radius 2 is 2.50 bits per heavy atom. The second-order valence-electron chi connectivity index (χ2n) is 3.01. The van der Waals surface area contributed by atoms with Gasteiger partial charge in [-0.3, -0.25) is 4.79 Å². The molecule has 1 rings (SSSR count). The van der Waals surface area contributed by atoms with E-state index in [1.165, 1.54) is 7.11 Å². The van der Waals surface area contributed by atoms with Crippen LogP contribution in [0.3, 0.4) is 0 Å². The van der Waals surface area contributed by atoms with Crippen LogP contribution in [0.15, 0.2) is 0 Å². The molecule has 80 valence electrons. The Kier molecular flexibility index (Phi) is 3.88. The summed E-state index contributed by atoms with van der Waals surface area (Å²) in [7, 11) is 1.52. The highest BCUT2D eigenvalue weighted by Gasteiger charge is 2.39. The maximum absolute atomic E-state index is 11.6. The largest absolute Gasteiger partial charge is 0.447 e. The third-order valence-corrected chi connectivity index (χ3v) is 2.29. The lowest BCUT2D eigenvalue weighted by Crippen LogP contribution is -2.44. The van der Waals surface area contributed by atoms with E-state index in [0.717, 1.165) is 4.90 Å². The van der Waals surface area contributed by atoms with Gasteiger partial charge in [0.2, 0.25) is 5.91 Å². The van der Waals surface area contributed by atoms with Crippen molar-refractivity contribution < 1.29 is 19.1 Å². The summed E-state index contributed by atoms with van der Waals surface area (Å²) in [5.74, 6) is -0.297. The van der Waals surface area contributed by atoms with Gasteiger partial charge in [0, 0.05) is 7.11 Å². The number of imide groups is 1. The molecule has 0 aromatic rings. The van der Waals surface area contributed by atoms with Crippen molar-refractivity contribution in [3.63, 3.8) is 0 Å². The quantitative estimate of drug-likeness (QED) is 0.708. The van der Waals surface area contributed by atoms with Crippen molar-refractivity contribution in [2.45, 2.75) is 17.8 Å². The summed E-state index contributed by atoms with van der Waals surface area (Å²) in [5, 5.41) is 0. The van der Waals surface area contributed by atoms with E-state index in [4.69, 9.17) is 9.47 Å². The highest BCUT2D eigenvalue weighted by atomic mass is 79.9. The third kappa shape index (κ3) is 2.24. The van der Waals surface area contributed by atoms with Crippen LogP contribution < -0.4 is 0 Å². The van der Waals surface area contributed by atoms with E-state index in [0.29, 0.717) is 6.61 Å². The van der Waals surface area contributed by atoms with Gasteiger partial charge in [-0.15, -0.1) is 0 Å². The first-order chi connectivity index (χ1) is 6.57. The fourth-order valence-electron chi connectivity index (χ4n) is 1.24. The SMILES string of the molecule is COC[C@H]1COC(=O)N1C(=O)C(C)Br. The zero-order valence-electron chi connectivity index (χ0n) is 8.03. The number of rotatable bonds is 3. The lowest BCUT2D eigenvalue weighted by atomic mass is 10.3. The van der Waals surface area contributed by atoms with Crippen molar-refractivity contribution in [3.05, 3.63) is 0 Å². The minimum Gasteiger partial charge on any atom is -0.447 e. The Morgan fingerprint density at radius 1 is 1.86 bits per heavy atom. The van der Waals surface area contributed by atoms with Gasteiger partial charge in [0.25, 0.3) is 0 Å². The Bertz CT molecular complexity index is 243. The first kappa shape index (κ1) is 11.5. The number of amides is 2. The summed E-state index contributed by atoms with van der Waals surface area (Å²) in [5.41, 5.74) is 0. The summed E-state index contributed by atoms with van der Waals surface area (Å²) < 4.78 is 9.66. The molecule has 0 N–H and O–H groups in total. The molecule has 1 saturated heterocycles. The van der Waals surface area contributed by atoms with Crippen molar-refractivity contribution in [1.82, 2.24) is 4.90 Å². The van der Waals surface area contributed by atoms with Crippen molar-refractivity contribution in [2.24, 2.45) is 0 Å². The topological polar surface area (TPSA) is 55.8 Å². The molecule has 1 aliphatic rings. The van der Waals surface area contributed by atoms with Crippen molar-refractivity contribution in [2.75, 3.05) is 20.3 Å². The number of ether oxygens (including phenoxy) is 2. The Balaban J connectivity index is 2.71. The molecule has 2 atom stereocenters. The Hall–Kier alpha value is -0.620. The molecule has 0 bridgehead atoms. The molecule has 1 aliphatic heterocycles. The van der Waals surface area contributed by atoms with Gasteiger partial charge < -0.3 is 9.47 Å². The zero-order chi connectivity index (χ0) is 10.7. The molecule has 5 nitrogen and oxygen atoms in total. The van der Waals surface area contributed by atoms with Crippen LogP contribution in [-0.4, -0.2) is 48.1 Å². The molecule has 0 radical (unpaired) electrons. The van der Waals surface area contributed by atoms with Gasteiger partial charge in [-0.05, 0) is 6.92 Å². The van der Waals surface area contributed by atoms with Crippen LogP contribution in [-0.2, 0) is 14.3 Å². The van der Waals surface area contributed by atoms with Gasteiger partial charge in [0.05, 0.1) is 11.4 Å². The fourth-order valence-corrected chi connectivity index (χ4v) is 1.46. The number of halogens is 1. The number of alkyl halides is 1. The molecule has 1 fully saturated rings. The average Bonchev–Trinajstić information content (AvgIpc) is 2.47. The predicted octanol–water partition coefficient (Wildman–Crippen LogP) is 0.764. The average molecular weight is 266 g/mol. The van der Waals surface area contributed by atoms with Gasteiger partial charge in [-0.25, -0.2) is 9.69 Å². The van der Waals surface area contributed by atoms with Gasteiger partial charge in [-0.1, -0.05) is 15.9 Å². The van der Waals surface area contributed by atoms with Crippen molar-refractivity contribution in [1.29, 1.82) is 0 Å². The number of carbonyl (C=O) groups excluding carboxylic acids is 2. The van der Waals surface area contributed by atoms with E-state index in [1.807, 2.05) is 0 Å². The summed E-state index contributed by atoms with van der Waals surface area (Å²) in [6.07, 6.45) is -0.594. The molecule has 0 aliphatic carbocycles. The van der Waals surface area contributed by atoms with E-state index in [-0.39, 0.29) is 18.6 Å². The molecule has 1 heterocycles.